The van der Waals surface area contributed by atoms with Crippen molar-refractivity contribution >= 4 is 19.7 Å². The van der Waals surface area contributed by atoms with Gasteiger partial charge in [-0.2, -0.15) is 0 Å². The maximum atomic E-state index is 11.1. The van der Waals surface area contributed by atoms with E-state index >= 15 is 0 Å². The minimum absolute atomic E-state index is 0.437. The molecule has 0 saturated heterocycles. The molecule has 1 unspecified atom stereocenters. The van der Waals surface area contributed by atoms with Gasteiger partial charge in [0.25, 0.3) is 7.47 Å². The molecule has 0 aliphatic carbocycles. The molecular weight excluding hydrogens is 180 g/mol. The van der Waals surface area contributed by atoms with Crippen LogP contribution in [0.15, 0.2) is 0 Å². The number of rotatable bonds is 4. The Morgan fingerprint density at radius 1 is 1.75 bits per heavy atom. The van der Waals surface area contributed by atoms with Crippen molar-refractivity contribution in [2.75, 3.05) is 13.7 Å². The van der Waals surface area contributed by atoms with E-state index in [1.165, 1.54) is 6.82 Å². The second-order valence-corrected chi connectivity index (χ2v) is 4.59. The zero-order chi connectivity index (χ0) is 9.78. The first kappa shape index (κ1) is 11.7. The Balaban J connectivity index is 4.28. The van der Waals surface area contributed by atoms with E-state index < -0.39 is 19.7 Å². The highest BCUT2D eigenvalue weighted by molar-refractivity contribution is 7.91. The minimum Gasteiger partial charge on any atom is -0.364 e. The fourth-order valence-corrected chi connectivity index (χ4v) is 1.33. The van der Waals surface area contributed by atoms with Gasteiger partial charge in [-0.3, -0.25) is 9.36 Å². The topological polar surface area (TPSA) is 75.6 Å². The van der Waals surface area contributed by atoms with Crippen molar-refractivity contribution in [1.82, 2.24) is 5.32 Å². The van der Waals surface area contributed by atoms with Gasteiger partial charge in [-0.15, -0.1) is 0 Å². The van der Waals surface area contributed by atoms with E-state index in [1.807, 2.05) is 0 Å². The molecule has 0 spiro atoms. The Kier molecular flexibility index (Phi) is 4.53. The lowest BCUT2D eigenvalue weighted by molar-refractivity contribution is 0.259. The third-order valence-corrected chi connectivity index (χ3v) is 3.22. The predicted molar refractivity (Wildman–Crippen MR) is 47.5 cm³/mol. The van der Waals surface area contributed by atoms with Crippen LogP contribution in [0.25, 0.3) is 0 Å². The van der Waals surface area contributed by atoms with E-state index in [9.17, 15) is 9.36 Å². The first-order chi connectivity index (χ1) is 5.45. The molecule has 1 atom stereocenters. The molecule has 0 aromatic rings. The van der Waals surface area contributed by atoms with Crippen LogP contribution in [0.1, 0.15) is 6.92 Å². The molecular formula is C5H13BNO4P. The lowest BCUT2D eigenvalue weighted by Crippen LogP contribution is -2.34. The Hall–Kier alpha value is -0.315. The molecule has 0 aliphatic rings. The van der Waals surface area contributed by atoms with Crippen LogP contribution in [0, 0.1) is 0 Å². The van der Waals surface area contributed by atoms with Gasteiger partial charge in [0.15, 0.2) is 5.81 Å². The van der Waals surface area contributed by atoms with E-state index in [2.05, 4.69) is 9.84 Å². The molecule has 5 nitrogen and oxygen atoms in total. The average Bonchev–Trinajstić information content (AvgIpc) is 2.03. The molecule has 0 saturated carbocycles. The maximum Gasteiger partial charge on any atom is 0.389 e. The predicted octanol–water partition coefficient (Wildman–Crippen LogP) is 0.751. The SMILES string of the molecule is CCNC(=O)B(C)P(=O)(O)OC. The zero-order valence-electron chi connectivity index (χ0n) is 7.40. The summed E-state index contributed by atoms with van der Waals surface area (Å²) in [6, 6.07) is 0. The summed E-state index contributed by atoms with van der Waals surface area (Å²) in [6.45, 7) is 3.53. The first-order valence-electron chi connectivity index (χ1n) is 3.61. The molecule has 7 heteroatoms. The first-order valence-corrected chi connectivity index (χ1v) is 5.26. The largest absolute Gasteiger partial charge is 0.389 e. The van der Waals surface area contributed by atoms with Gasteiger partial charge < -0.3 is 14.7 Å². The summed E-state index contributed by atoms with van der Waals surface area (Å²) >= 11 is 0. The molecule has 0 bridgehead atoms. The fourth-order valence-electron chi connectivity index (χ4n) is 0.628. The van der Waals surface area contributed by atoms with Gasteiger partial charge in [0.05, 0.1) is 0 Å². The van der Waals surface area contributed by atoms with Crippen molar-refractivity contribution in [3.05, 3.63) is 0 Å². The van der Waals surface area contributed by atoms with Gasteiger partial charge in [-0.25, -0.2) is 0 Å². The van der Waals surface area contributed by atoms with Gasteiger partial charge in [0, 0.05) is 13.7 Å². The Labute approximate surface area is 72.1 Å². The highest BCUT2D eigenvalue weighted by Crippen LogP contribution is 2.43. The van der Waals surface area contributed by atoms with Crippen LogP contribution in [0.5, 0.6) is 0 Å². The highest BCUT2D eigenvalue weighted by atomic mass is 31.2. The molecule has 0 aliphatic heterocycles. The highest BCUT2D eigenvalue weighted by Gasteiger charge is 2.38. The number of amides is 1. The number of carbonyl (C=O) groups is 1. The molecule has 0 rings (SSSR count). The lowest BCUT2D eigenvalue weighted by atomic mass is 9.78. The Bertz CT molecular complexity index is 210. The standard InChI is InChI=1S/C5H13BNO4P/c1-4-7-5(8)6(2)12(9,10)11-3/h4H2,1-3H3,(H,7,8)(H,9,10). The van der Waals surface area contributed by atoms with Crippen LogP contribution >= 0.6 is 7.47 Å². The third kappa shape index (κ3) is 2.97. The summed E-state index contributed by atoms with van der Waals surface area (Å²) in [5, 5.41) is 2.43. The molecule has 70 valence electrons. The van der Waals surface area contributed by atoms with Crippen molar-refractivity contribution in [2.45, 2.75) is 13.7 Å². The third-order valence-electron chi connectivity index (χ3n) is 1.48. The summed E-state index contributed by atoms with van der Waals surface area (Å²) in [6.07, 6.45) is -1.01. The smallest absolute Gasteiger partial charge is 0.364 e. The van der Waals surface area contributed by atoms with Crippen LogP contribution in [0.4, 0.5) is 4.79 Å². The normalized spacial score (nSPS) is 15.0. The molecule has 12 heavy (non-hydrogen) atoms. The summed E-state index contributed by atoms with van der Waals surface area (Å²) in [7, 11) is -2.65. The van der Waals surface area contributed by atoms with Gasteiger partial charge >= 0.3 is 6.43 Å². The number of carbonyl (C=O) groups excluding carboxylic acids is 1. The summed E-state index contributed by atoms with van der Waals surface area (Å²) in [5.41, 5.74) is 0. The van der Waals surface area contributed by atoms with E-state index in [4.69, 9.17) is 4.89 Å². The van der Waals surface area contributed by atoms with Crippen LogP contribution in [-0.2, 0) is 9.09 Å². The number of hydrogen-bond donors (Lipinski definition) is 2. The summed E-state index contributed by atoms with van der Waals surface area (Å²) < 4.78 is 15.4. The van der Waals surface area contributed by atoms with Crippen LogP contribution < -0.4 is 5.32 Å². The second-order valence-electron chi connectivity index (χ2n) is 2.32. The lowest BCUT2D eigenvalue weighted by Gasteiger charge is -2.12. The van der Waals surface area contributed by atoms with Gasteiger partial charge in [0.2, 0.25) is 0 Å². The van der Waals surface area contributed by atoms with E-state index in [0.29, 0.717) is 6.54 Å². The number of hydrogen-bond acceptors (Lipinski definition) is 3. The van der Waals surface area contributed by atoms with Crippen molar-refractivity contribution < 1.29 is 18.8 Å². The fraction of sp³-hybridized carbons (Fsp3) is 0.800. The molecule has 0 radical (unpaired) electrons. The second kappa shape index (κ2) is 4.65. The van der Waals surface area contributed by atoms with E-state index in [-0.39, 0.29) is 0 Å². The molecule has 2 N–H and O–H groups in total. The minimum atomic E-state index is -3.76. The van der Waals surface area contributed by atoms with Crippen molar-refractivity contribution in [1.29, 1.82) is 0 Å². The Morgan fingerprint density at radius 3 is 2.58 bits per heavy atom. The number of nitrogens with one attached hydrogen (secondary N) is 1. The molecule has 0 heterocycles. The molecule has 0 fully saturated rings. The van der Waals surface area contributed by atoms with Crippen molar-refractivity contribution in [3.8, 4) is 0 Å². The quantitative estimate of drug-likeness (QED) is 0.510. The van der Waals surface area contributed by atoms with Crippen LogP contribution in [0.2, 0.25) is 6.82 Å². The van der Waals surface area contributed by atoms with Crippen molar-refractivity contribution in [2.24, 2.45) is 0 Å². The van der Waals surface area contributed by atoms with Gasteiger partial charge in [-0.1, -0.05) is 6.82 Å². The summed E-state index contributed by atoms with van der Waals surface area (Å²) in [5.74, 6) is -0.467. The van der Waals surface area contributed by atoms with E-state index in [1.54, 1.807) is 6.92 Å². The monoisotopic (exact) mass is 193 g/mol. The molecule has 1 amide bonds. The van der Waals surface area contributed by atoms with E-state index in [0.717, 1.165) is 7.11 Å². The van der Waals surface area contributed by atoms with Gasteiger partial charge in [0.1, 0.15) is 0 Å². The molecule has 0 aromatic heterocycles. The summed E-state index contributed by atoms with van der Waals surface area (Å²) in [4.78, 5) is 20.1. The average molecular weight is 193 g/mol. The Morgan fingerprint density at radius 2 is 2.25 bits per heavy atom. The maximum absolute atomic E-state index is 11.1. The van der Waals surface area contributed by atoms with Crippen LogP contribution in [-0.4, -0.2) is 30.8 Å². The van der Waals surface area contributed by atoms with Crippen LogP contribution in [0.3, 0.4) is 0 Å². The van der Waals surface area contributed by atoms with Crippen molar-refractivity contribution in [3.63, 3.8) is 0 Å². The molecule has 0 aromatic carbocycles. The van der Waals surface area contributed by atoms with Gasteiger partial charge in [-0.05, 0) is 6.92 Å². The zero-order valence-corrected chi connectivity index (χ0v) is 8.30.